The average molecular weight is 296 g/mol. The summed E-state index contributed by atoms with van der Waals surface area (Å²) in [4.78, 5) is 29.0. The Bertz CT molecular complexity index is 679. The zero-order chi connectivity index (χ0) is 15.9. The van der Waals surface area contributed by atoms with Crippen LogP contribution in [0.15, 0.2) is 54.7 Å². The number of amides is 1. The van der Waals surface area contributed by atoms with Gasteiger partial charge in [-0.2, -0.15) is 0 Å². The molecule has 0 aliphatic heterocycles. The summed E-state index contributed by atoms with van der Waals surface area (Å²) in [5.41, 5.74) is 1.35. The van der Waals surface area contributed by atoms with Gasteiger partial charge in [-0.1, -0.05) is 18.2 Å². The van der Waals surface area contributed by atoms with Gasteiger partial charge in [0.2, 0.25) is 0 Å². The van der Waals surface area contributed by atoms with E-state index in [4.69, 9.17) is 0 Å². The molecule has 0 radical (unpaired) electrons. The van der Waals surface area contributed by atoms with Crippen LogP contribution in [0.3, 0.4) is 0 Å². The second-order valence-electron chi connectivity index (χ2n) is 4.53. The maximum absolute atomic E-state index is 12.4. The Morgan fingerprint density at radius 2 is 1.86 bits per heavy atom. The van der Waals surface area contributed by atoms with Crippen molar-refractivity contribution in [3.8, 4) is 0 Å². The van der Waals surface area contributed by atoms with Crippen molar-refractivity contribution in [3.05, 3.63) is 65.9 Å². The highest BCUT2D eigenvalue weighted by molar-refractivity contribution is 6.05. The topological polar surface area (TPSA) is 59.5 Å². The predicted molar refractivity (Wildman–Crippen MR) is 84.5 cm³/mol. The Labute approximate surface area is 128 Å². The molecule has 1 aromatic heterocycles. The van der Waals surface area contributed by atoms with Crippen LogP contribution in [0.5, 0.6) is 0 Å². The molecule has 0 saturated heterocycles. The summed E-state index contributed by atoms with van der Waals surface area (Å²) in [5.74, 6) is 0.0133. The summed E-state index contributed by atoms with van der Waals surface area (Å²) in [6.07, 6.45) is 4.60. The van der Waals surface area contributed by atoms with Gasteiger partial charge < -0.3 is 4.74 Å². The van der Waals surface area contributed by atoms with Gasteiger partial charge in [-0.15, -0.1) is 0 Å². The summed E-state index contributed by atoms with van der Waals surface area (Å²) < 4.78 is 4.52. The number of ether oxygens (including phenoxy) is 1. The molecule has 0 atom stereocenters. The molecule has 22 heavy (non-hydrogen) atoms. The molecular weight excluding hydrogens is 280 g/mol. The highest BCUT2D eigenvalue weighted by atomic mass is 16.5. The molecule has 0 fully saturated rings. The molecule has 0 unspecified atom stereocenters. The molecule has 0 saturated carbocycles. The number of aromatic nitrogens is 1. The predicted octanol–water partition coefficient (Wildman–Crippen LogP) is 2.54. The fourth-order valence-electron chi connectivity index (χ4n) is 1.82. The lowest BCUT2D eigenvalue weighted by molar-refractivity contribution is -0.134. The van der Waals surface area contributed by atoms with Crippen molar-refractivity contribution < 1.29 is 14.3 Å². The summed E-state index contributed by atoms with van der Waals surface area (Å²) >= 11 is 0. The zero-order valence-electron chi connectivity index (χ0n) is 12.4. The lowest BCUT2D eigenvalue weighted by Gasteiger charge is -2.16. The summed E-state index contributed by atoms with van der Waals surface area (Å²) in [6, 6.07) is 12.3. The van der Waals surface area contributed by atoms with Crippen LogP contribution in [0.1, 0.15) is 15.9 Å². The second-order valence-corrected chi connectivity index (χ2v) is 4.53. The van der Waals surface area contributed by atoms with E-state index in [1.807, 2.05) is 6.07 Å². The number of anilines is 1. The first-order chi connectivity index (χ1) is 10.6. The summed E-state index contributed by atoms with van der Waals surface area (Å²) in [6.45, 7) is 0. The number of nitrogens with zero attached hydrogens (tertiary/aromatic N) is 2. The smallest absolute Gasteiger partial charge is 0.330 e. The number of rotatable bonds is 4. The molecule has 0 N–H and O–H groups in total. The van der Waals surface area contributed by atoms with Crippen molar-refractivity contribution in [1.29, 1.82) is 0 Å². The van der Waals surface area contributed by atoms with Gasteiger partial charge in [0.05, 0.1) is 7.11 Å². The molecule has 2 aromatic rings. The van der Waals surface area contributed by atoms with E-state index in [1.54, 1.807) is 55.7 Å². The number of methoxy groups -OCH3 is 1. The Hall–Kier alpha value is -2.95. The number of carbonyl (C=O) groups is 2. The van der Waals surface area contributed by atoms with E-state index in [0.29, 0.717) is 11.4 Å². The first-order valence-corrected chi connectivity index (χ1v) is 6.67. The fraction of sp³-hybridized carbons (Fsp3) is 0.118. The van der Waals surface area contributed by atoms with E-state index >= 15 is 0 Å². The van der Waals surface area contributed by atoms with Crippen LogP contribution in [-0.4, -0.2) is 31.0 Å². The highest BCUT2D eigenvalue weighted by Gasteiger charge is 2.13. The van der Waals surface area contributed by atoms with Gasteiger partial charge in [0, 0.05) is 24.9 Å². The third-order valence-electron chi connectivity index (χ3n) is 3.07. The number of benzene rings is 1. The van der Waals surface area contributed by atoms with Gasteiger partial charge in [-0.25, -0.2) is 9.78 Å². The van der Waals surface area contributed by atoms with Crippen molar-refractivity contribution in [3.63, 3.8) is 0 Å². The second kappa shape index (κ2) is 7.17. The highest BCUT2D eigenvalue weighted by Crippen LogP contribution is 2.13. The molecule has 2 rings (SSSR count). The van der Waals surface area contributed by atoms with E-state index in [-0.39, 0.29) is 5.91 Å². The van der Waals surface area contributed by atoms with Crippen molar-refractivity contribution in [2.75, 3.05) is 19.1 Å². The van der Waals surface area contributed by atoms with E-state index < -0.39 is 5.97 Å². The third kappa shape index (κ3) is 3.79. The number of carbonyl (C=O) groups excluding carboxylic acids is 2. The minimum absolute atomic E-state index is 0.151. The maximum Gasteiger partial charge on any atom is 0.330 e. The molecule has 1 amide bonds. The fourth-order valence-corrected chi connectivity index (χ4v) is 1.82. The van der Waals surface area contributed by atoms with Gasteiger partial charge >= 0.3 is 5.97 Å². The zero-order valence-corrected chi connectivity index (χ0v) is 12.4. The maximum atomic E-state index is 12.4. The van der Waals surface area contributed by atoms with Crippen LogP contribution in [0.2, 0.25) is 0 Å². The van der Waals surface area contributed by atoms with Gasteiger partial charge in [0.25, 0.3) is 5.91 Å². The van der Waals surface area contributed by atoms with Crippen molar-refractivity contribution in [2.45, 2.75) is 0 Å². The Morgan fingerprint density at radius 3 is 2.45 bits per heavy atom. The Balaban J connectivity index is 2.11. The van der Waals surface area contributed by atoms with E-state index in [9.17, 15) is 9.59 Å². The van der Waals surface area contributed by atoms with Crippen molar-refractivity contribution >= 4 is 23.8 Å². The van der Waals surface area contributed by atoms with Gasteiger partial charge in [0.15, 0.2) is 0 Å². The summed E-state index contributed by atoms with van der Waals surface area (Å²) in [5, 5.41) is 0. The van der Waals surface area contributed by atoms with Crippen molar-refractivity contribution in [2.24, 2.45) is 0 Å². The quantitative estimate of drug-likeness (QED) is 0.642. The lowest BCUT2D eigenvalue weighted by Crippen LogP contribution is -2.26. The van der Waals surface area contributed by atoms with Crippen LogP contribution >= 0.6 is 0 Å². The molecular formula is C17H16N2O3. The molecule has 0 aliphatic rings. The number of hydrogen-bond acceptors (Lipinski definition) is 4. The van der Waals surface area contributed by atoms with E-state index in [2.05, 4.69) is 9.72 Å². The minimum atomic E-state index is -0.421. The van der Waals surface area contributed by atoms with Crippen LogP contribution in [0.4, 0.5) is 5.82 Å². The first kappa shape index (κ1) is 15.4. The van der Waals surface area contributed by atoms with Gasteiger partial charge in [-0.3, -0.25) is 9.69 Å². The van der Waals surface area contributed by atoms with Crippen LogP contribution < -0.4 is 4.90 Å². The molecule has 0 bridgehead atoms. The summed E-state index contributed by atoms with van der Waals surface area (Å²) in [7, 11) is 3.00. The number of pyridine rings is 1. The van der Waals surface area contributed by atoms with Gasteiger partial charge in [-0.05, 0) is 35.9 Å². The van der Waals surface area contributed by atoms with Crippen LogP contribution in [0, 0.1) is 0 Å². The normalized spacial score (nSPS) is 10.5. The first-order valence-electron chi connectivity index (χ1n) is 6.67. The van der Waals surface area contributed by atoms with E-state index in [0.717, 1.165) is 5.56 Å². The molecule has 1 aromatic carbocycles. The van der Waals surface area contributed by atoms with Gasteiger partial charge in [0.1, 0.15) is 5.82 Å². The van der Waals surface area contributed by atoms with Crippen LogP contribution in [-0.2, 0) is 9.53 Å². The van der Waals surface area contributed by atoms with E-state index in [1.165, 1.54) is 18.1 Å². The molecule has 1 heterocycles. The Morgan fingerprint density at radius 1 is 1.14 bits per heavy atom. The standard InChI is InChI=1S/C17H16N2O3/c1-19(15-5-3-4-12-18-15)17(21)14-9-6-13(7-10-14)8-11-16(20)22-2/h3-12H,1-2H3. The number of esters is 1. The number of hydrogen-bond donors (Lipinski definition) is 0. The molecule has 5 heteroatoms. The van der Waals surface area contributed by atoms with Crippen molar-refractivity contribution in [1.82, 2.24) is 4.98 Å². The molecule has 112 valence electrons. The molecule has 5 nitrogen and oxygen atoms in total. The Kier molecular flexibility index (Phi) is 5.03. The minimum Gasteiger partial charge on any atom is -0.466 e. The largest absolute Gasteiger partial charge is 0.466 e. The monoisotopic (exact) mass is 296 g/mol. The molecule has 0 spiro atoms. The third-order valence-corrected chi connectivity index (χ3v) is 3.07. The average Bonchev–Trinajstić information content (AvgIpc) is 2.59. The lowest BCUT2D eigenvalue weighted by atomic mass is 10.1. The SMILES string of the molecule is COC(=O)C=Cc1ccc(C(=O)N(C)c2ccccn2)cc1. The molecule has 0 aliphatic carbocycles. The van der Waals surface area contributed by atoms with Crippen LogP contribution in [0.25, 0.3) is 6.08 Å².